The predicted molar refractivity (Wildman–Crippen MR) is 133 cm³/mol. The van der Waals surface area contributed by atoms with Gasteiger partial charge in [-0.05, 0) is 48.6 Å². The zero-order valence-electron chi connectivity index (χ0n) is 20.7. The molecule has 5 nitrogen and oxygen atoms in total. The Kier molecular flexibility index (Phi) is 6.43. The summed E-state index contributed by atoms with van der Waals surface area (Å²) in [7, 11) is 2.21. The molecule has 1 aromatic rings. The van der Waals surface area contributed by atoms with Crippen molar-refractivity contribution in [1.29, 1.82) is 0 Å². The van der Waals surface area contributed by atoms with Gasteiger partial charge in [-0.25, -0.2) is 0 Å². The van der Waals surface area contributed by atoms with E-state index in [1.807, 2.05) is 12.1 Å². The highest BCUT2D eigenvalue weighted by atomic mass is 16.5. The van der Waals surface area contributed by atoms with Gasteiger partial charge in [0.1, 0.15) is 5.75 Å². The Labute approximate surface area is 199 Å². The van der Waals surface area contributed by atoms with E-state index in [1.165, 1.54) is 11.1 Å². The summed E-state index contributed by atoms with van der Waals surface area (Å²) < 4.78 is 7.00. The van der Waals surface area contributed by atoms with Gasteiger partial charge in [-0.1, -0.05) is 51.1 Å². The molecule has 4 aliphatic rings. The number of likely N-dealkylation sites (N-methyl/N-ethyl adjacent to an activating group) is 1. The number of piperidine rings is 1. The van der Waals surface area contributed by atoms with E-state index in [0.29, 0.717) is 23.7 Å². The van der Waals surface area contributed by atoms with Crippen molar-refractivity contribution >= 4 is 0 Å². The van der Waals surface area contributed by atoms with Crippen molar-refractivity contribution in [3.8, 4) is 5.75 Å². The molecule has 3 heterocycles. The normalized spacial score (nSPS) is 35.6. The summed E-state index contributed by atoms with van der Waals surface area (Å²) in [6, 6.07) is 8.24. The van der Waals surface area contributed by atoms with Crippen molar-refractivity contribution in [2.45, 2.75) is 57.9 Å². The summed E-state index contributed by atoms with van der Waals surface area (Å²) in [4.78, 5) is 5.01. The average Bonchev–Trinajstić information content (AvgIpc) is 2.79. The Bertz CT molecular complexity index is 897. The van der Waals surface area contributed by atoms with Gasteiger partial charge in [-0.3, -0.25) is 4.90 Å². The smallest absolute Gasteiger partial charge is 0.115 e. The van der Waals surface area contributed by atoms with Gasteiger partial charge in [-0.2, -0.15) is 0 Å². The quantitative estimate of drug-likeness (QED) is 0.728. The number of phenols is 1. The molecule has 6 unspecified atom stereocenters. The number of nitrogens with one attached hydrogen (secondary N) is 1. The fourth-order valence-electron chi connectivity index (χ4n) is 6.18. The molecule has 3 fully saturated rings. The molecule has 3 aliphatic heterocycles. The summed E-state index contributed by atoms with van der Waals surface area (Å²) >= 11 is 0. The zero-order chi connectivity index (χ0) is 23.2. The van der Waals surface area contributed by atoms with Crippen LogP contribution in [-0.4, -0.2) is 72.9 Å². The van der Waals surface area contributed by atoms with Crippen LogP contribution in [0.4, 0.5) is 0 Å². The minimum Gasteiger partial charge on any atom is -0.508 e. The molecule has 5 heteroatoms. The van der Waals surface area contributed by atoms with Crippen molar-refractivity contribution in [3.63, 3.8) is 0 Å². The van der Waals surface area contributed by atoms with Crippen LogP contribution >= 0.6 is 0 Å². The fourth-order valence-corrected chi connectivity index (χ4v) is 6.18. The molecule has 180 valence electrons. The highest BCUT2D eigenvalue weighted by Crippen LogP contribution is 2.46. The van der Waals surface area contributed by atoms with Crippen LogP contribution in [0.1, 0.15) is 45.2 Å². The Balaban J connectivity index is 1.40. The molecule has 0 bridgehead atoms. The Morgan fingerprint density at radius 1 is 1.12 bits per heavy atom. The first-order valence-corrected chi connectivity index (χ1v) is 12.8. The van der Waals surface area contributed by atoms with E-state index >= 15 is 0 Å². The van der Waals surface area contributed by atoms with Crippen LogP contribution < -0.4 is 5.32 Å². The molecule has 1 aliphatic carbocycles. The van der Waals surface area contributed by atoms with Gasteiger partial charge in [0, 0.05) is 56.6 Å². The van der Waals surface area contributed by atoms with E-state index in [1.54, 1.807) is 6.07 Å². The Morgan fingerprint density at radius 2 is 1.91 bits per heavy atom. The second-order valence-corrected chi connectivity index (χ2v) is 11.6. The first-order chi connectivity index (χ1) is 15.8. The van der Waals surface area contributed by atoms with E-state index < -0.39 is 0 Å². The van der Waals surface area contributed by atoms with Gasteiger partial charge in [0.2, 0.25) is 0 Å². The lowest BCUT2D eigenvalue weighted by Crippen LogP contribution is -2.59. The molecule has 1 aromatic carbocycles. The van der Waals surface area contributed by atoms with Gasteiger partial charge < -0.3 is 20.1 Å². The van der Waals surface area contributed by atoms with Crippen molar-refractivity contribution in [2.75, 3.05) is 39.8 Å². The van der Waals surface area contributed by atoms with Crippen LogP contribution in [0.15, 0.2) is 48.1 Å². The largest absolute Gasteiger partial charge is 0.508 e. The molecule has 0 saturated carbocycles. The molecule has 2 N–H and O–H groups in total. The van der Waals surface area contributed by atoms with Crippen molar-refractivity contribution in [3.05, 3.63) is 53.6 Å². The third kappa shape index (κ3) is 4.93. The van der Waals surface area contributed by atoms with Crippen LogP contribution in [0.3, 0.4) is 0 Å². The zero-order valence-corrected chi connectivity index (χ0v) is 20.7. The molecular weight excluding hydrogens is 410 g/mol. The standard InChI is InChI=1S/C28H41N3O2/c1-28(2,3)20-8-11-25-24(17-20)27-23(26(29-25)19-6-5-7-21(32)16-19)10-9-22(33-27)18-31-14-12-30(4)13-15-31/h5-8,11,16-17,22-27,29,32H,9-10,12-15,18H2,1-4H3. The summed E-state index contributed by atoms with van der Waals surface area (Å²) in [5.41, 5.74) is 2.71. The number of rotatable bonds is 3. The number of fused-ring (bicyclic) bond motifs is 3. The number of hydrogen-bond acceptors (Lipinski definition) is 5. The molecule has 0 aromatic heterocycles. The van der Waals surface area contributed by atoms with Crippen molar-refractivity contribution in [1.82, 2.24) is 15.1 Å². The third-order valence-corrected chi connectivity index (χ3v) is 8.20. The lowest BCUT2D eigenvalue weighted by atomic mass is 9.68. The number of piperazine rings is 1. The van der Waals surface area contributed by atoms with Crippen LogP contribution in [0, 0.1) is 17.3 Å². The van der Waals surface area contributed by atoms with E-state index in [-0.39, 0.29) is 23.6 Å². The average molecular weight is 452 g/mol. The molecule has 3 saturated heterocycles. The fraction of sp³-hybridized carbons (Fsp3) is 0.643. The predicted octanol–water partition coefficient (Wildman–Crippen LogP) is 3.97. The number of benzene rings is 1. The number of hydrogen-bond donors (Lipinski definition) is 2. The van der Waals surface area contributed by atoms with Gasteiger partial charge in [0.25, 0.3) is 0 Å². The molecule has 0 spiro atoms. The van der Waals surface area contributed by atoms with Gasteiger partial charge in [0.05, 0.1) is 12.2 Å². The van der Waals surface area contributed by atoms with Gasteiger partial charge in [0.15, 0.2) is 0 Å². The van der Waals surface area contributed by atoms with E-state index in [0.717, 1.165) is 45.6 Å². The summed E-state index contributed by atoms with van der Waals surface area (Å²) in [5.74, 6) is 1.09. The van der Waals surface area contributed by atoms with Crippen LogP contribution in [0.5, 0.6) is 5.75 Å². The SMILES string of the molecule is CN1CCN(CC2CCC3C(c4cccc(O)c4)NC4C=CC(C(C)(C)C)=CC4C3O2)CC1. The maximum atomic E-state index is 10.1. The van der Waals surface area contributed by atoms with Crippen LogP contribution in [-0.2, 0) is 4.74 Å². The number of nitrogens with zero attached hydrogens (tertiary/aromatic N) is 2. The third-order valence-electron chi connectivity index (χ3n) is 8.20. The Hall–Kier alpha value is -1.66. The lowest BCUT2D eigenvalue weighted by Gasteiger charge is -2.52. The number of aromatic hydroxyl groups is 1. The molecule has 6 atom stereocenters. The highest BCUT2D eigenvalue weighted by molar-refractivity contribution is 5.36. The van der Waals surface area contributed by atoms with Gasteiger partial charge in [-0.15, -0.1) is 0 Å². The van der Waals surface area contributed by atoms with Crippen molar-refractivity contribution < 1.29 is 9.84 Å². The minimum absolute atomic E-state index is 0.132. The maximum absolute atomic E-state index is 10.1. The number of ether oxygens (including phenoxy) is 1. The topological polar surface area (TPSA) is 48.0 Å². The second kappa shape index (κ2) is 9.18. The van der Waals surface area contributed by atoms with E-state index in [4.69, 9.17) is 4.74 Å². The Morgan fingerprint density at radius 3 is 2.64 bits per heavy atom. The summed E-state index contributed by atoms with van der Waals surface area (Å²) in [6.45, 7) is 12.5. The van der Waals surface area contributed by atoms with Crippen LogP contribution in [0.2, 0.25) is 0 Å². The highest BCUT2D eigenvalue weighted by Gasteiger charge is 2.48. The van der Waals surface area contributed by atoms with E-state index in [2.05, 4.69) is 67.2 Å². The molecule has 0 amide bonds. The second-order valence-electron chi connectivity index (χ2n) is 11.6. The number of allylic oxidation sites excluding steroid dienone is 2. The van der Waals surface area contributed by atoms with Gasteiger partial charge >= 0.3 is 0 Å². The number of phenolic OH excluding ortho intramolecular Hbond substituents is 1. The molecule has 5 rings (SSSR count). The summed E-state index contributed by atoms with van der Waals surface area (Å²) in [5, 5.41) is 14.1. The molecule has 33 heavy (non-hydrogen) atoms. The summed E-state index contributed by atoms with van der Waals surface area (Å²) in [6.07, 6.45) is 9.90. The lowest BCUT2D eigenvalue weighted by molar-refractivity contribution is -0.137. The first-order valence-electron chi connectivity index (χ1n) is 12.8. The maximum Gasteiger partial charge on any atom is 0.115 e. The first kappa shape index (κ1) is 23.1. The van der Waals surface area contributed by atoms with Crippen molar-refractivity contribution in [2.24, 2.45) is 17.3 Å². The van der Waals surface area contributed by atoms with E-state index in [9.17, 15) is 5.11 Å². The minimum atomic E-state index is 0.132. The monoisotopic (exact) mass is 451 g/mol. The van der Waals surface area contributed by atoms with Crippen LogP contribution in [0.25, 0.3) is 0 Å². The molecule has 0 radical (unpaired) electrons. The molecular formula is C28H41N3O2.